The predicted octanol–water partition coefficient (Wildman–Crippen LogP) is 1.83. The zero-order valence-corrected chi connectivity index (χ0v) is 12.7. The molecule has 0 aliphatic heterocycles. The number of hydrogen-bond acceptors (Lipinski definition) is 5. The molecular formula is C14H12ClN2O3S-. The molecule has 5 nitrogen and oxygen atoms in total. The first-order chi connectivity index (χ1) is 9.97. The lowest BCUT2D eigenvalue weighted by Gasteiger charge is -2.11. The molecule has 110 valence electrons. The summed E-state index contributed by atoms with van der Waals surface area (Å²) in [5.41, 5.74) is 0.926. The van der Waals surface area contributed by atoms with Crippen molar-refractivity contribution in [2.75, 3.05) is 5.32 Å². The lowest BCUT2D eigenvalue weighted by Crippen LogP contribution is -2.24. The van der Waals surface area contributed by atoms with Gasteiger partial charge in [0.25, 0.3) is 0 Å². The van der Waals surface area contributed by atoms with Crippen molar-refractivity contribution in [3.8, 4) is 0 Å². The van der Waals surface area contributed by atoms with Gasteiger partial charge >= 0.3 is 0 Å². The molecule has 0 unspecified atom stereocenters. The van der Waals surface area contributed by atoms with E-state index in [1.807, 2.05) is 0 Å². The monoisotopic (exact) mass is 323 g/mol. The first kappa shape index (κ1) is 15.5. The first-order valence-electron chi connectivity index (χ1n) is 6.17. The fourth-order valence-electron chi connectivity index (χ4n) is 1.67. The number of aliphatic carboxylic acids is 1. The lowest BCUT2D eigenvalue weighted by molar-refractivity contribution is -0.304. The second kappa shape index (κ2) is 6.69. The van der Waals surface area contributed by atoms with E-state index < -0.39 is 11.9 Å². The van der Waals surface area contributed by atoms with Crippen LogP contribution in [0.15, 0.2) is 29.6 Å². The highest BCUT2D eigenvalue weighted by Gasteiger charge is 2.19. The quantitative estimate of drug-likeness (QED) is 0.910. The summed E-state index contributed by atoms with van der Waals surface area (Å²) >= 11 is 7.23. The number of para-hydroxylation sites is 1. The molecule has 0 aliphatic rings. The average molecular weight is 324 g/mol. The summed E-state index contributed by atoms with van der Waals surface area (Å²) in [7, 11) is 0. The van der Waals surface area contributed by atoms with Gasteiger partial charge in [0.1, 0.15) is 5.01 Å². The number of carbonyl (C=O) groups is 2. The van der Waals surface area contributed by atoms with Crippen LogP contribution in [-0.4, -0.2) is 16.9 Å². The zero-order chi connectivity index (χ0) is 15.4. The van der Waals surface area contributed by atoms with E-state index in [9.17, 15) is 14.7 Å². The van der Waals surface area contributed by atoms with Crippen molar-refractivity contribution < 1.29 is 14.7 Å². The Morgan fingerprint density at radius 2 is 2.14 bits per heavy atom. The van der Waals surface area contributed by atoms with Crippen LogP contribution in [0.25, 0.3) is 0 Å². The zero-order valence-electron chi connectivity index (χ0n) is 11.1. The predicted molar refractivity (Wildman–Crippen MR) is 79.3 cm³/mol. The maximum absolute atomic E-state index is 12.2. The van der Waals surface area contributed by atoms with Gasteiger partial charge < -0.3 is 15.2 Å². The molecule has 1 N–H and O–H groups in total. The van der Waals surface area contributed by atoms with Gasteiger partial charge in [-0.15, -0.1) is 11.3 Å². The Kier molecular flexibility index (Phi) is 4.93. The standard InChI is InChI=1S/C14H13ClN2O3S/c1-8(14-16-9(7-21-14)6-12(18)19)13(20)17-11-5-3-2-4-10(11)15/h2-5,7-8H,6H2,1H3,(H,17,20)(H,18,19)/p-1/t8-/m1/s1. The van der Waals surface area contributed by atoms with Crippen molar-refractivity contribution >= 4 is 40.5 Å². The third-order valence-corrected chi connectivity index (χ3v) is 4.20. The largest absolute Gasteiger partial charge is 0.550 e. The van der Waals surface area contributed by atoms with E-state index in [0.717, 1.165) is 0 Å². The molecule has 1 atom stereocenters. The number of rotatable bonds is 5. The molecular weight excluding hydrogens is 312 g/mol. The number of aromatic nitrogens is 1. The summed E-state index contributed by atoms with van der Waals surface area (Å²) in [5, 5.41) is 15.9. The molecule has 7 heteroatoms. The van der Waals surface area contributed by atoms with Gasteiger partial charge in [-0.1, -0.05) is 23.7 Å². The molecule has 1 aromatic carbocycles. The Morgan fingerprint density at radius 3 is 2.81 bits per heavy atom. The van der Waals surface area contributed by atoms with Crippen LogP contribution < -0.4 is 10.4 Å². The van der Waals surface area contributed by atoms with Crippen molar-refractivity contribution in [1.29, 1.82) is 0 Å². The summed E-state index contributed by atoms with van der Waals surface area (Å²) in [6, 6.07) is 6.93. The van der Waals surface area contributed by atoms with Crippen LogP contribution in [0.1, 0.15) is 23.5 Å². The molecule has 0 bridgehead atoms. The summed E-state index contributed by atoms with van der Waals surface area (Å²) in [4.78, 5) is 26.8. The Labute approximate surface area is 130 Å². The Bertz CT molecular complexity index is 672. The first-order valence-corrected chi connectivity index (χ1v) is 7.42. The summed E-state index contributed by atoms with van der Waals surface area (Å²) in [6.45, 7) is 1.70. The lowest BCUT2D eigenvalue weighted by atomic mass is 10.1. The van der Waals surface area contributed by atoms with Crippen LogP contribution in [0, 0.1) is 0 Å². The van der Waals surface area contributed by atoms with Crippen LogP contribution in [0.2, 0.25) is 5.02 Å². The summed E-state index contributed by atoms with van der Waals surface area (Å²) in [5.74, 6) is -1.95. The van der Waals surface area contributed by atoms with E-state index in [1.54, 1.807) is 36.6 Å². The SMILES string of the molecule is C[C@H](C(=O)Nc1ccccc1Cl)c1nc(CC(=O)[O-])cs1. The number of carboxylic acids is 1. The van der Waals surface area contributed by atoms with Crippen molar-refractivity contribution in [2.45, 2.75) is 19.3 Å². The van der Waals surface area contributed by atoms with Crippen molar-refractivity contribution in [1.82, 2.24) is 4.98 Å². The van der Waals surface area contributed by atoms with Gasteiger partial charge in [0, 0.05) is 17.8 Å². The highest BCUT2D eigenvalue weighted by atomic mass is 35.5. The van der Waals surface area contributed by atoms with Crippen molar-refractivity contribution in [3.05, 3.63) is 45.4 Å². The van der Waals surface area contributed by atoms with E-state index in [4.69, 9.17) is 11.6 Å². The van der Waals surface area contributed by atoms with Crippen LogP contribution in [-0.2, 0) is 16.0 Å². The summed E-state index contributed by atoms with van der Waals surface area (Å²) < 4.78 is 0. The molecule has 0 saturated carbocycles. The molecule has 21 heavy (non-hydrogen) atoms. The Balaban J connectivity index is 2.07. The van der Waals surface area contributed by atoms with Gasteiger partial charge in [0.2, 0.25) is 5.91 Å². The van der Waals surface area contributed by atoms with E-state index in [-0.39, 0.29) is 12.3 Å². The maximum Gasteiger partial charge on any atom is 0.234 e. The van der Waals surface area contributed by atoms with Gasteiger partial charge in [-0.05, 0) is 19.1 Å². The van der Waals surface area contributed by atoms with E-state index in [2.05, 4.69) is 10.3 Å². The van der Waals surface area contributed by atoms with Crippen molar-refractivity contribution in [2.24, 2.45) is 0 Å². The van der Waals surface area contributed by atoms with E-state index in [1.165, 1.54) is 11.3 Å². The van der Waals surface area contributed by atoms with E-state index >= 15 is 0 Å². The number of nitrogens with zero attached hydrogens (tertiary/aromatic N) is 1. The van der Waals surface area contributed by atoms with Crippen molar-refractivity contribution in [3.63, 3.8) is 0 Å². The second-order valence-electron chi connectivity index (χ2n) is 4.42. The molecule has 0 spiro atoms. The smallest absolute Gasteiger partial charge is 0.234 e. The van der Waals surface area contributed by atoms with Crippen LogP contribution in [0.4, 0.5) is 5.69 Å². The van der Waals surface area contributed by atoms with Crippen LogP contribution >= 0.6 is 22.9 Å². The third kappa shape index (κ3) is 4.03. The fraction of sp³-hybridized carbons (Fsp3) is 0.214. The number of benzene rings is 1. The Morgan fingerprint density at radius 1 is 1.43 bits per heavy atom. The third-order valence-electron chi connectivity index (χ3n) is 2.79. The normalized spacial score (nSPS) is 11.9. The number of thiazole rings is 1. The number of carbonyl (C=O) groups excluding carboxylic acids is 2. The molecule has 1 amide bonds. The number of amides is 1. The minimum absolute atomic E-state index is 0.252. The molecule has 0 radical (unpaired) electrons. The van der Waals surface area contributed by atoms with Gasteiger partial charge in [-0.2, -0.15) is 0 Å². The molecule has 2 aromatic rings. The van der Waals surface area contributed by atoms with E-state index in [0.29, 0.717) is 21.4 Å². The van der Waals surface area contributed by atoms with Crippen LogP contribution in [0.3, 0.4) is 0 Å². The number of hydrogen-bond donors (Lipinski definition) is 1. The van der Waals surface area contributed by atoms with Gasteiger partial charge in [-0.3, -0.25) is 4.79 Å². The number of nitrogens with one attached hydrogen (secondary N) is 1. The molecule has 0 fully saturated rings. The van der Waals surface area contributed by atoms with Gasteiger partial charge in [0.05, 0.1) is 22.3 Å². The highest BCUT2D eigenvalue weighted by Crippen LogP contribution is 2.25. The highest BCUT2D eigenvalue weighted by molar-refractivity contribution is 7.09. The Hall–Kier alpha value is -1.92. The number of anilines is 1. The molecule has 0 aliphatic carbocycles. The van der Waals surface area contributed by atoms with Gasteiger partial charge in [0.15, 0.2) is 0 Å². The molecule has 1 heterocycles. The number of halogens is 1. The maximum atomic E-state index is 12.2. The minimum atomic E-state index is -1.19. The molecule has 1 aromatic heterocycles. The number of carboxylic acid groups (broad SMARTS) is 1. The van der Waals surface area contributed by atoms with Crippen LogP contribution in [0.5, 0.6) is 0 Å². The fourth-order valence-corrected chi connectivity index (χ4v) is 2.72. The molecule has 2 rings (SSSR count). The van der Waals surface area contributed by atoms with Gasteiger partial charge in [-0.25, -0.2) is 4.98 Å². The topological polar surface area (TPSA) is 82.1 Å². The average Bonchev–Trinajstić information content (AvgIpc) is 2.88. The second-order valence-corrected chi connectivity index (χ2v) is 5.71. The molecule has 0 saturated heterocycles. The summed E-state index contributed by atoms with van der Waals surface area (Å²) in [6.07, 6.45) is -0.255. The minimum Gasteiger partial charge on any atom is -0.550 e.